The summed E-state index contributed by atoms with van der Waals surface area (Å²) in [5.41, 5.74) is 0. The molecule has 1 amide bonds. The summed E-state index contributed by atoms with van der Waals surface area (Å²) in [6, 6.07) is 0.216. The van der Waals surface area contributed by atoms with Gasteiger partial charge in [-0.15, -0.1) is 0 Å². The van der Waals surface area contributed by atoms with Gasteiger partial charge in [-0.3, -0.25) is 14.5 Å². The molecule has 20 heavy (non-hydrogen) atoms. The number of carbonyl (C=O) groups is 2. The number of hydrogen-bond acceptors (Lipinski definition) is 4. The Balaban J connectivity index is 3.76. The Bertz CT molecular complexity index is 293. The summed E-state index contributed by atoms with van der Waals surface area (Å²) in [4.78, 5) is 24.7. The van der Waals surface area contributed by atoms with Crippen LogP contribution in [0.3, 0.4) is 0 Å². The van der Waals surface area contributed by atoms with Gasteiger partial charge in [0.25, 0.3) is 0 Å². The maximum absolute atomic E-state index is 11.8. The molecule has 118 valence electrons. The predicted molar refractivity (Wildman–Crippen MR) is 80.4 cm³/mol. The number of hydrogen-bond donors (Lipinski definition) is 1. The Hall–Kier alpha value is -1.10. The summed E-state index contributed by atoms with van der Waals surface area (Å²) in [7, 11) is 3.27. The van der Waals surface area contributed by atoms with Crippen molar-refractivity contribution in [1.29, 1.82) is 0 Å². The van der Waals surface area contributed by atoms with E-state index in [0.717, 1.165) is 12.8 Å². The highest BCUT2D eigenvalue weighted by atomic mass is 16.5. The Morgan fingerprint density at radius 3 is 2.40 bits per heavy atom. The van der Waals surface area contributed by atoms with Crippen LogP contribution < -0.4 is 5.32 Å². The monoisotopic (exact) mass is 286 g/mol. The predicted octanol–water partition coefficient (Wildman–Crippen LogP) is 1.81. The highest BCUT2D eigenvalue weighted by Gasteiger charge is 2.11. The average molecular weight is 286 g/mol. The standard InChI is InChI=1S/C15H30N2O3/c1-12(2)8-9-13(3)16-14(18)11-17(4)10-6-7-15(19)20-5/h12-13H,6-11H2,1-5H3,(H,16,18). The van der Waals surface area contributed by atoms with E-state index >= 15 is 0 Å². The maximum atomic E-state index is 11.8. The first-order valence-corrected chi connectivity index (χ1v) is 7.39. The first-order valence-electron chi connectivity index (χ1n) is 7.39. The van der Waals surface area contributed by atoms with Gasteiger partial charge in [0.05, 0.1) is 13.7 Å². The van der Waals surface area contributed by atoms with E-state index in [1.54, 1.807) is 0 Å². The van der Waals surface area contributed by atoms with E-state index in [9.17, 15) is 9.59 Å². The van der Waals surface area contributed by atoms with Crippen LogP contribution >= 0.6 is 0 Å². The van der Waals surface area contributed by atoms with Crippen molar-refractivity contribution in [3.63, 3.8) is 0 Å². The van der Waals surface area contributed by atoms with Crippen LogP contribution in [0.15, 0.2) is 0 Å². The molecular formula is C15H30N2O3. The average Bonchev–Trinajstić information content (AvgIpc) is 2.35. The van der Waals surface area contributed by atoms with Crippen LogP contribution in [0, 0.1) is 5.92 Å². The zero-order valence-electron chi connectivity index (χ0n) is 13.6. The third-order valence-electron chi connectivity index (χ3n) is 3.15. The molecule has 0 heterocycles. The van der Waals surface area contributed by atoms with Gasteiger partial charge in [-0.1, -0.05) is 13.8 Å². The summed E-state index contributed by atoms with van der Waals surface area (Å²) in [5, 5.41) is 3.00. The minimum Gasteiger partial charge on any atom is -0.469 e. The summed E-state index contributed by atoms with van der Waals surface area (Å²) in [6.07, 6.45) is 3.23. The number of esters is 1. The van der Waals surface area contributed by atoms with Crippen LogP contribution in [0.25, 0.3) is 0 Å². The molecule has 0 aromatic rings. The minimum atomic E-state index is -0.204. The van der Waals surface area contributed by atoms with Crippen molar-refractivity contribution in [2.75, 3.05) is 27.2 Å². The zero-order valence-corrected chi connectivity index (χ0v) is 13.6. The molecule has 0 aromatic carbocycles. The fourth-order valence-electron chi connectivity index (χ4n) is 1.90. The molecule has 1 atom stereocenters. The molecule has 0 aliphatic heterocycles. The van der Waals surface area contributed by atoms with Gasteiger partial charge in [0, 0.05) is 12.5 Å². The van der Waals surface area contributed by atoms with Crippen molar-refractivity contribution in [1.82, 2.24) is 10.2 Å². The van der Waals surface area contributed by atoms with E-state index in [1.165, 1.54) is 7.11 Å². The molecule has 0 aromatic heterocycles. The third-order valence-corrected chi connectivity index (χ3v) is 3.15. The lowest BCUT2D eigenvalue weighted by Gasteiger charge is -2.19. The number of rotatable bonds is 10. The summed E-state index contributed by atoms with van der Waals surface area (Å²) in [6.45, 7) is 7.49. The van der Waals surface area contributed by atoms with Crippen LogP contribution in [0.2, 0.25) is 0 Å². The Morgan fingerprint density at radius 1 is 1.20 bits per heavy atom. The topological polar surface area (TPSA) is 58.6 Å². The maximum Gasteiger partial charge on any atom is 0.305 e. The second-order valence-electron chi connectivity index (χ2n) is 5.86. The van der Waals surface area contributed by atoms with Crippen molar-refractivity contribution >= 4 is 11.9 Å². The lowest BCUT2D eigenvalue weighted by Crippen LogP contribution is -2.40. The van der Waals surface area contributed by atoms with E-state index in [1.807, 2.05) is 18.9 Å². The minimum absolute atomic E-state index is 0.0434. The molecule has 0 fully saturated rings. The molecule has 5 heteroatoms. The van der Waals surface area contributed by atoms with Crippen LogP contribution in [0.1, 0.15) is 46.5 Å². The van der Waals surface area contributed by atoms with Gasteiger partial charge in [-0.2, -0.15) is 0 Å². The van der Waals surface area contributed by atoms with E-state index in [-0.39, 0.29) is 17.9 Å². The van der Waals surface area contributed by atoms with Gasteiger partial charge < -0.3 is 10.1 Å². The number of nitrogens with one attached hydrogen (secondary N) is 1. The van der Waals surface area contributed by atoms with Crippen LogP contribution in [0.5, 0.6) is 0 Å². The number of likely N-dealkylation sites (N-methyl/N-ethyl adjacent to an activating group) is 1. The fraction of sp³-hybridized carbons (Fsp3) is 0.867. The summed E-state index contributed by atoms with van der Waals surface area (Å²) < 4.78 is 4.58. The third kappa shape index (κ3) is 10.8. The summed E-state index contributed by atoms with van der Waals surface area (Å²) >= 11 is 0. The van der Waals surface area contributed by atoms with Crippen molar-refractivity contribution in [3.05, 3.63) is 0 Å². The molecule has 1 unspecified atom stereocenters. The van der Waals surface area contributed by atoms with Gasteiger partial charge in [-0.25, -0.2) is 0 Å². The molecule has 0 spiro atoms. The molecule has 0 rings (SSSR count). The first-order chi connectivity index (χ1) is 9.35. The van der Waals surface area contributed by atoms with E-state index in [4.69, 9.17) is 0 Å². The second-order valence-corrected chi connectivity index (χ2v) is 5.86. The quantitative estimate of drug-likeness (QED) is 0.622. The number of carbonyl (C=O) groups excluding carboxylic acids is 2. The zero-order chi connectivity index (χ0) is 15.5. The van der Waals surface area contributed by atoms with Gasteiger partial charge >= 0.3 is 5.97 Å². The number of nitrogens with zero attached hydrogens (tertiary/aromatic N) is 1. The Morgan fingerprint density at radius 2 is 1.85 bits per heavy atom. The van der Waals surface area contributed by atoms with Gasteiger partial charge in [-0.05, 0) is 45.7 Å². The highest BCUT2D eigenvalue weighted by Crippen LogP contribution is 2.06. The highest BCUT2D eigenvalue weighted by molar-refractivity contribution is 5.78. The smallest absolute Gasteiger partial charge is 0.305 e. The van der Waals surface area contributed by atoms with Crippen molar-refractivity contribution in [3.8, 4) is 0 Å². The Kier molecular flexibility index (Phi) is 10.1. The normalized spacial score (nSPS) is 12.6. The van der Waals surface area contributed by atoms with E-state index in [2.05, 4.69) is 23.9 Å². The van der Waals surface area contributed by atoms with E-state index < -0.39 is 0 Å². The van der Waals surface area contributed by atoms with Gasteiger partial charge in [0.2, 0.25) is 5.91 Å². The summed E-state index contributed by atoms with van der Waals surface area (Å²) in [5.74, 6) is 0.502. The molecular weight excluding hydrogens is 256 g/mol. The molecule has 0 aliphatic carbocycles. The molecule has 0 aliphatic rings. The first kappa shape index (κ1) is 18.9. The van der Waals surface area contributed by atoms with Crippen molar-refractivity contribution in [2.45, 2.75) is 52.5 Å². The molecule has 5 nitrogen and oxygen atoms in total. The second kappa shape index (κ2) is 10.7. The lowest BCUT2D eigenvalue weighted by atomic mass is 10.0. The van der Waals surface area contributed by atoms with Crippen LogP contribution in [0.4, 0.5) is 0 Å². The molecule has 0 bridgehead atoms. The SMILES string of the molecule is COC(=O)CCCN(C)CC(=O)NC(C)CCC(C)C. The molecule has 1 N–H and O–H groups in total. The van der Waals surface area contributed by atoms with Crippen LogP contribution in [-0.2, 0) is 14.3 Å². The molecule has 0 saturated heterocycles. The van der Waals surface area contributed by atoms with Crippen molar-refractivity contribution in [2.24, 2.45) is 5.92 Å². The van der Waals surface area contributed by atoms with E-state index in [0.29, 0.717) is 31.8 Å². The number of amides is 1. The van der Waals surface area contributed by atoms with Gasteiger partial charge in [0.1, 0.15) is 0 Å². The molecule has 0 radical (unpaired) electrons. The van der Waals surface area contributed by atoms with Gasteiger partial charge in [0.15, 0.2) is 0 Å². The van der Waals surface area contributed by atoms with Crippen molar-refractivity contribution < 1.29 is 14.3 Å². The largest absolute Gasteiger partial charge is 0.469 e. The van der Waals surface area contributed by atoms with Crippen LogP contribution in [-0.4, -0.2) is 50.1 Å². The lowest BCUT2D eigenvalue weighted by molar-refractivity contribution is -0.140. The molecule has 0 saturated carbocycles. The number of ether oxygens (including phenoxy) is 1. The number of methoxy groups -OCH3 is 1. The Labute approximate surface area is 123 Å². The fourth-order valence-corrected chi connectivity index (χ4v) is 1.90.